The van der Waals surface area contributed by atoms with Gasteiger partial charge in [-0.25, -0.2) is 0 Å². The van der Waals surface area contributed by atoms with Crippen LogP contribution in [0, 0.1) is 34.0 Å². The van der Waals surface area contributed by atoms with Crippen molar-refractivity contribution in [3.63, 3.8) is 0 Å². The Balaban J connectivity index is 1.59. The molecule has 0 aromatic heterocycles. The molecule has 23 heavy (non-hydrogen) atoms. The van der Waals surface area contributed by atoms with Crippen LogP contribution in [-0.2, 0) is 4.79 Å². The highest BCUT2D eigenvalue weighted by Gasteiger charge is 2.77. The number of Topliss-reactive ketones (excluding diaryl/α,β-unsaturated/α-hetero) is 1. The van der Waals surface area contributed by atoms with E-state index in [1.54, 1.807) is 0 Å². The molecular weight excluding hydrogens is 288 g/mol. The van der Waals surface area contributed by atoms with Gasteiger partial charge in [0.1, 0.15) is 0 Å². The number of aliphatic hydroxyl groups is 2. The lowest BCUT2D eigenvalue weighted by molar-refractivity contribution is -0.124. The Morgan fingerprint density at radius 1 is 1.09 bits per heavy atom. The molecule has 5 aliphatic rings. The Bertz CT molecular complexity index is 637. The number of allylic oxidation sites excluding steroid dienone is 1. The van der Waals surface area contributed by atoms with Gasteiger partial charge in [-0.1, -0.05) is 13.8 Å². The number of hydrogen-bond donors (Lipinski definition) is 2. The van der Waals surface area contributed by atoms with E-state index in [0.717, 1.165) is 50.0 Å². The van der Waals surface area contributed by atoms with Crippen molar-refractivity contribution in [2.75, 3.05) is 0 Å². The Kier molecular flexibility index (Phi) is 2.55. The van der Waals surface area contributed by atoms with Gasteiger partial charge in [-0.15, -0.1) is 0 Å². The van der Waals surface area contributed by atoms with Crippen molar-refractivity contribution in [1.29, 1.82) is 0 Å². The predicted octanol–water partition coefficient (Wildman–Crippen LogP) is 3.76. The molecule has 0 aliphatic heterocycles. The molecule has 7 atom stereocenters. The maximum absolute atomic E-state index is 12.0. The summed E-state index contributed by atoms with van der Waals surface area (Å²) in [6.45, 7) is 4.65. The highest BCUT2D eigenvalue weighted by molar-refractivity contribution is 5.95. The minimum Gasteiger partial charge on any atom is -0.504 e. The van der Waals surface area contributed by atoms with E-state index in [0.29, 0.717) is 23.7 Å². The van der Waals surface area contributed by atoms with Crippen LogP contribution in [0.15, 0.2) is 11.3 Å². The average Bonchev–Trinajstić information content (AvgIpc) is 3.17. The SMILES string of the molecule is C[C@]12CCC(=O)C(O)=C1CCC1C2CC[C@]2(C)[C@@H](O)C[C@H]3C[C@]132. The van der Waals surface area contributed by atoms with Gasteiger partial charge in [0.05, 0.1) is 6.10 Å². The Hall–Kier alpha value is -0.830. The van der Waals surface area contributed by atoms with Gasteiger partial charge < -0.3 is 10.2 Å². The molecule has 0 aromatic carbocycles. The minimum atomic E-state index is -0.117. The third-order valence-electron chi connectivity index (χ3n) is 9.22. The number of aliphatic hydroxyl groups excluding tert-OH is 2. The quantitative estimate of drug-likeness (QED) is 0.715. The van der Waals surface area contributed by atoms with E-state index in [-0.39, 0.29) is 28.5 Å². The van der Waals surface area contributed by atoms with Gasteiger partial charge in [-0.2, -0.15) is 0 Å². The fourth-order valence-electron chi connectivity index (χ4n) is 7.89. The van der Waals surface area contributed by atoms with Crippen LogP contribution in [0.25, 0.3) is 0 Å². The van der Waals surface area contributed by atoms with Crippen LogP contribution < -0.4 is 0 Å². The summed E-state index contributed by atoms with van der Waals surface area (Å²) in [5.74, 6) is 2.04. The summed E-state index contributed by atoms with van der Waals surface area (Å²) < 4.78 is 0. The first-order valence-electron chi connectivity index (χ1n) is 9.48. The van der Waals surface area contributed by atoms with Gasteiger partial charge in [0.25, 0.3) is 0 Å². The van der Waals surface area contributed by atoms with E-state index >= 15 is 0 Å². The molecule has 126 valence electrons. The van der Waals surface area contributed by atoms with Crippen molar-refractivity contribution in [3.05, 3.63) is 11.3 Å². The minimum absolute atomic E-state index is 0.0116. The second-order valence-electron chi connectivity index (χ2n) is 9.57. The summed E-state index contributed by atoms with van der Waals surface area (Å²) in [6, 6.07) is 0. The molecule has 2 N–H and O–H groups in total. The molecule has 0 bridgehead atoms. The van der Waals surface area contributed by atoms with Crippen LogP contribution in [0.5, 0.6) is 0 Å². The van der Waals surface area contributed by atoms with Gasteiger partial charge in [0, 0.05) is 6.42 Å². The third-order valence-corrected chi connectivity index (χ3v) is 9.22. The Labute approximate surface area is 138 Å². The fourth-order valence-corrected chi connectivity index (χ4v) is 7.89. The van der Waals surface area contributed by atoms with E-state index in [2.05, 4.69) is 13.8 Å². The largest absolute Gasteiger partial charge is 0.504 e. The lowest BCUT2D eigenvalue weighted by Crippen LogP contribution is -2.54. The second-order valence-corrected chi connectivity index (χ2v) is 9.57. The first-order valence-corrected chi connectivity index (χ1v) is 9.48. The summed E-state index contributed by atoms with van der Waals surface area (Å²) in [5, 5.41) is 21.0. The Morgan fingerprint density at radius 3 is 2.65 bits per heavy atom. The summed E-state index contributed by atoms with van der Waals surface area (Å²) >= 11 is 0. The number of fused-ring (bicyclic) bond motifs is 3. The molecule has 0 amide bonds. The maximum Gasteiger partial charge on any atom is 0.197 e. The number of rotatable bonds is 0. The zero-order valence-electron chi connectivity index (χ0n) is 14.3. The average molecular weight is 316 g/mol. The second kappa shape index (κ2) is 4.04. The molecule has 4 fully saturated rings. The molecule has 3 nitrogen and oxygen atoms in total. The molecule has 3 heteroatoms. The topological polar surface area (TPSA) is 57.5 Å². The molecule has 5 rings (SSSR count). The standard InChI is InChI=1S/C20H28O3/c1-18-7-6-15(21)17(23)14(18)4-3-13-12(18)5-8-19(2)16(22)9-11-10-20(11,13)19/h11-13,16,22-23H,3-10H2,1-2H3/t11-,12?,13?,16-,18+,19+,20+/m0/s1. The van der Waals surface area contributed by atoms with Crippen molar-refractivity contribution < 1.29 is 15.0 Å². The van der Waals surface area contributed by atoms with Gasteiger partial charge in [-0.3, -0.25) is 4.79 Å². The van der Waals surface area contributed by atoms with Crippen molar-refractivity contribution in [2.24, 2.45) is 34.0 Å². The summed E-state index contributed by atoms with van der Waals surface area (Å²) in [5.41, 5.74) is 1.55. The first-order chi connectivity index (χ1) is 10.8. The van der Waals surface area contributed by atoms with E-state index in [9.17, 15) is 15.0 Å². The van der Waals surface area contributed by atoms with Gasteiger partial charge in [0.2, 0.25) is 0 Å². The summed E-state index contributed by atoms with van der Waals surface area (Å²) in [7, 11) is 0. The van der Waals surface area contributed by atoms with E-state index in [1.165, 1.54) is 6.42 Å². The van der Waals surface area contributed by atoms with Crippen LogP contribution in [0.3, 0.4) is 0 Å². The molecule has 4 saturated carbocycles. The third kappa shape index (κ3) is 1.41. The van der Waals surface area contributed by atoms with Crippen LogP contribution in [0.2, 0.25) is 0 Å². The van der Waals surface area contributed by atoms with Gasteiger partial charge in [0.15, 0.2) is 11.5 Å². The zero-order valence-corrected chi connectivity index (χ0v) is 14.3. The molecular formula is C20H28O3. The van der Waals surface area contributed by atoms with Crippen molar-refractivity contribution >= 4 is 5.78 Å². The van der Waals surface area contributed by atoms with Gasteiger partial charge >= 0.3 is 0 Å². The monoisotopic (exact) mass is 316 g/mol. The van der Waals surface area contributed by atoms with Crippen LogP contribution in [-0.4, -0.2) is 22.1 Å². The highest BCUT2D eigenvalue weighted by Crippen LogP contribution is 2.82. The molecule has 5 aliphatic carbocycles. The fraction of sp³-hybridized carbons (Fsp3) is 0.850. The Morgan fingerprint density at radius 2 is 1.87 bits per heavy atom. The van der Waals surface area contributed by atoms with Crippen molar-refractivity contribution in [1.82, 2.24) is 0 Å². The number of ketones is 1. The maximum atomic E-state index is 12.0. The molecule has 0 aromatic rings. The first kappa shape index (κ1) is 14.5. The van der Waals surface area contributed by atoms with Crippen molar-refractivity contribution in [2.45, 2.75) is 71.3 Å². The summed E-state index contributed by atoms with van der Waals surface area (Å²) in [6.07, 6.45) is 7.86. The van der Waals surface area contributed by atoms with Crippen LogP contribution in [0.4, 0.5) is 0 Å². The van der Waals surface area contributed by atoms with E-state index in [4.69, 9.17) is 0 Å². The van der Waals surface area contributed by atoms with E-state index < -0.39 is 0 Å². The van der Waals surface area contributed by atoms with E-state index in [1.807, 2.05) is 0 Å². The molecule has 1 spiro atoms. The van der Waals surface area contributed by atoms with Crippen LogP contribution >= 0.6 is 0 Å². The molecule has 0 saturated heterocycles. The smallest absolute Gasteiger partial charge is 0.197 e. The van der Waals surface area contributed by atoms with Crippen molar-refractivity contribution in [3.8, 4) is 0 Å². The summed E-state index contributed by atoms with van der Waals surface area (Å²) in [4.78, 5) is 12.0. The zero-order chi connectivity index (χ0) is 16.2. The lowest BCUT2D eigenvalue weighted by atomic mass is 9.45. The van der Waals surface area contributed by atoms with Crippen LogP contribution in [0.1, 0.15) is 65.2 Å². The number of carbonyl (C=O) groups is 1. The molecule has 2 unspecified atom stereocenters. The number of hydrogen-bond acceptors (Lipinski definition) is 3. The normalized spacial score (nSPS) is 57.4. The predicted molar refractivity (Wildman–Crippen MR) is 86.7 cm³/mol. The lowest BCUT2D eigenvalue weighted by Gasteiger charge is -2.59. The highest BCUT2D eigenvalue weighted by atomic mass is 16.3. The molecule has 0 radical (unpaired) electrons. The molecule has 0 heterocycles. The van der Waals surface area contributed by atoms with Gasteiger partial charge in [-0.05, 0) is 84.5 Å². The number of carbonyl (C=O) groups excluding carboxylic acids is 1.